The molecule has 98 valence electrons. The summed E-state index contributed by atoms with van der Waals surface area (Å²) in [5.41, 5.74) is 0.0354. The van der Waals surface area contributed by atoms with Crippen LogP contribution in [0.15, 0.2) is 23.1 Å². The quantitative estimate of drug-likeness (QED) is 0.826. The Kier molecular flexibility index (Phi) is 4.24. The van der Waals surface area contributed by atoms with E-state index < -0.39 is 11.7 Å². The fourth-order valence-electron chi connectivity index (χ4n) is 2.04. The number of nitrogens with one attached hydrogen (secondary N) is 1. The van der Waals surface area contributed by atoms with Gasteiger partial charge in [-0.05, 0) is 31.5 Å². The van der Waals surface area contributed by atoms with Crippen LogP contribution in [0.25, 0.3) is 0 Å². The number of thiol groups is 1. The molecule has 0 radical (unpaired) electrons. The third kappa shape index (κ3) is 3.03. The van der Waals surface area contributed by atoms with Gasteiger partial charge in [0, 0.05) is 23.5 Å². The van der Waals surface area contributed by atoms with E-state index in [9.17, 15) is 9.18 Å². The average molecular weight is 269 g/mol. The second kappa shape index (κ2) is 5.71. The van der Waals surface area contributed by atoms with Crippen LogP contribution in [0.3, 0.4) is 0 Å². The molecule has 0 spiro atoms. The molecular formula is C13H16FNO2S. The zero-order chi connectivity index (χ0) is 13.1. The highest BCUT2D eigenvalue weighted by molar-refractivity contribution is 7.80. The SMILES string of the molecule is CC(NC(=O)c1cc(S)ccc1F)C1CCOC1. The van der Waals surface area contributed by atoms with Gasteiger partial charge in [-0.1, -0.05) is 0 Å². The molecule has 1 saturated heterocycles. The molecule has 0 aliphatic carbocycles. The Morgan fingerprint density at radius 2 is 2.39 bits per heavy atom. The van der Waals surface area contributed by atoms with Crippen LogP contribution in [-0.2, 0) is 4.74 Å². The fourth-order valence-corrected chi connectivity index (χ4v) is 2.24. The lowest BCUT2D eigenvalue weighted by Gasteiger charge is -2.19. The van der Waals surface area contributed by atoms with E-state index in [0.717, 1.165) is 13.0 Å². The normalized spacial score (nSPS) is 20.7. The third-order valence-corrected chi connectivity index (χ3v) is 3.50. The first kappa shape index (κ1) is 13.4. The fraction of sp³-hybridized carbons (Fsp3) is 0.462. The molecule has 1 fully saturated rings. The summed E-state index contributed by atoms with van der Waals surface area (Å²) >= 11 is 4.11. The number of rotatable bonds is 3. The summed E-state index contributed by atoms with van der Waals surface area (Å²) in [6, 6.07) is 4.18. The second-order valence-electron chi connectivity index (χ2n) is 4.55. The van der Waals surface area contributed by atoms with Crippen LogP contribution in [0, 0.1) is 11.7 Å². The molecule has 1 aliphatic rings. The molecule has 3 nitrogen and oxygen atoms in total. The van der Waals surface area contributed by atoms with Gasteiger partial charge in [-0.3, -0.25) is 4.79 Å². The first-order valence-corrected chi connectivity index (χ1v) is 6.40. The molecule has 0 aromatic heterocycles. The Hall–Kier alpha value is -1.07. The van der Waals surface area contributed by atoms with Crippen molar-refractivity contribution in [2.75, 3.05) is 13.2 Å². The van der Waals surface area contributed by atoms with E-state index in [1.807, 2.05) is 6.92 Å². The Morgan fingerprint density at radius 3 is 3.06 bits per heavy atom. The Labute approximate surface area is 111 Å². The topological polar surface area (TPSA) is 38.3 Å². The minimum atomic E-state index is -0.528. The van der Waals surface area contributed by atoms with Gasteiger partial charge >= 0.3 is 0 Å². The van der Waals surface area contributed by atoms with Crippen molar-refractivity contribution in [2.45, 2.75) is 24.3 Å². The second-order valence-corrected chi connectivity index (χ2v) is 5.07. The first-order chi connectivity index (χ1) is 8.58. The minimum Gasteiger partial charge on any atom is -0.381 e. The lowest BCUT2D eigenvalue weighted by atomic mass is 10.0. The lowest BCUT2D eigenvalue weighted by molar-refractivity contribution is 0.0918. The van der Waals surface area contributed by atoms with Gasteiger partial charge in [0.15, 0.2) is 0 Å². The lowest BCUT2D eigenvalue weighted by Crippen LogP contribution is -2.38. The number of benzene rings is 1. The number of hydrogen-bond acceptors (Lipinski definition) is 3. The number of carbonyl (C=O) groups is 1. The number of hydrogen-bond donors (Lipinski definition) is 2. The molecule has 0 saturated carbocycles. The van der Waals surface area contributed by atoms with Crippen LogP contribution in [0.2, 0.25) is 0 Å². The molecule has 0 bridgehead atoms. The summed E-state index contributed by atoms with van der Waals surface area (Å²) in [5.74, 6) is -0.626. The van der Waals surface area contributed by atoms with E-state index in [4.69, 9.17) is 4.74 Å². The molecule has 1 aliphatic heterocycles. The van der Waals surface area contributed by atoms with E-state index in [1.165, 1.54) is 18.2 Å². The highest BCUT2D eigenvalue weighted by atomic mass is 32.1. The van der Waals surface area contributed by atoms with Crippen LogP contribution in [0.4, 0.5) is 4.39 Å². The number of halogens is 1. The van der Waals surface area contributed by atoms with Crippen LogP contribution in [0.1, 0.15) is 23.7 Å². The largest absolute Gasteiger partial charge is 0.381 e. The van der Waals surface area contributed by atoms with Gasteiger partial charge in [-0.25, -0.2) is 4.39 Å². The van der Waals surface area contributed by atoms with Gasteiger partial charge in [-0.2, -0.15) is 0 Å². The summed E-state index contributed by atoms with van der Waals surface area (Å²) in [5, 5.41) is 2.81. The highest BCUT2D eigenvalue weighted by Crippen LogP contribution is 2.18. The van der Waals surface area contributed by atoms with Gasteiger partial charge < -0.3 is 10.1 Å². The van der Waals surface area contributed by atoms with Crippen LogP contribution in [0.5, 0.6) is 0 Å². The molecule has 2 atom stereocenters. The minimum absolute atomic E-state index is 0.0250. The van der Waals surface area contributed by atoms with E-state index in [-0.39, 0.29) is 11.6 Å². The molecule has 2 unspecified atom stereocenters. The van der Waals surface area contributed by atoms with Crippen molar-refractivity contribution in [3.05, 3.63) is 29.6 Å². The van der Waals surface area contributed by atoms with E-state index in [1.54, 1.807) is 0 Å². The summed E-state index contributed by atoms with van der Waals surface area (Å²) in [6.07, 6.45) is 0.927. The van der Waals surface area contributed by atoms with Gasteiger partial charge in [0.1, 0.15) is 5.82 Å². The zero-order valence-corrected chi connectivity index (χ0v) is 11.0. The van der Waals surface area contributed by atoms with Crippen molar-refractivity contribution < 1.29 is 13.9 Å². The Morgan fingerprint density at radius 1 is 1.61 bits per heavy atom. The zero-order valence-electron chi connectivity index (χ0n) is 10.1. The smallest absolute Gasteiger partial charge is 0.254 e. The van der Waals surface area contributed by atoms with Gasteiger partial charge in [0.25, 0.3) is 5.91 Å². The van der Waals surface area contributed by atoms with E-state index in [0.29, 0.717) is 17.4 Å². The summed E-state index contributed by atoms with van der Waals surface area (Å²) in [7, 11) is 0. The van der Waals surface area contributed by atoms with Crippen LogP contribution < -0.4 is 5.32 Å². The number of amides is 1. The first-order valence-electron chi connectivity index (χ1n) is 5.95. The maximum Gasteiger partial charge on any atom is 0.254 e. The van der Waals surface area contributed by atoms with Crippen molar-refractivity contribution in [1.82, 2.24) is 5.32 Å². The monoisotopic (exact) mass is 269 g/mol. The molecule has 2 rings (SSSR count). The van der Waals surface area contributed by atoms with Crippen molar-refractivity contribution in [1.29, 1.82) is 0 Å². The standard InChI is InChI=1S/C13H16FNO2S/c1-8(9-4-5-17-7-9)15-13(16)11-6-10(18)2-3-12(11)14/h2-3,6,8-9,18H,4-5,7H2,1H3,(H,15,16). The molecule has 1 aromatic carbocycles. The van der Waals surface area contributed by atoms with Gasteiger partial charge in [-0.15, -0.1) is 12.6 Å². The van der Waals surface area contributed by atoms with Gasteiger partial charge in [0.05, 0.1) is 12.2 Å². The maximum absolute atomic E-state index is 13.5. The van der Waals surface area contributed by atoms with Crippen LogP contribution >= 0.6 is 12.6 Å². The predicted molar refractivity (Wildman–Crippen MR) is 69.5 cm³/mol. The summed E-state index contributed by atoms with van der Waals surface area (Å²) in [4.78, 5) is 12.5. The third-order valence-electron chi connectivity index (χ3n) is 3.23. The average Bonchev–Trinajstić information content (AvgIpc) is 2.85. The number of ether oxygens (including phenoxy) is 1. The molecular weight excluding hydrogens is 253 g/mol. The van der Waals surface area contributed by atoms with Crippen molar-refractivity contribution in [3.8, 4) is 0 Å². The molecule has 1 N–H and O–H groups in total. The summed E-state index contributed by atoms with van der Waals surface area (Å²) < 4.78 is 18.8. The summed E-state index contributed by atoms with van der Waals surface area (Å²) in [6.45, 7) is 3.29. The molecule has 1 aromatic rings. The van der Waals surface area contributed by atoms with Crippen molar-refractivity contribution >= 4 is 18.5 Å². The predicted octanol–water partition coefficient (Wildman–Crippen LogP) is 2.27. The van der Waals surface area contributed by atoms with Gasteiger partial charge in [0.2, 0.25) is 0 Å². The molecule has 1 heterocycles. The highest BCUT2D eigenvalue weighted by Gasteiger charge is 2.24. The molecule has 5 heteroatoms. The molecule has 1 amide bonds. The number of carbonyl (C=O) groups excluding carboxylic acids is 1. The molecule has 18 heavy (non-hydrogen) atoms. The van der Waals surface area contributed by atoms with Crippen molar-refractivity contribution in [2.24, 2.45) is 5.92 Å². The Bertz CT molecular complexity index is 447. The van der Waals surface area contributed by atoms with Crippen LogP contribution in [-0.4, -0.2) is 25.2 Å². The van der Waals surface area contributed by atoms with Crippen molar-refractivity contribution in [3.63, 3.8) is 0 Å². The Balaban J connectivity index is 2.04. The van der Waals surface area contributed by atoms with E-state index in [2.05, 4.69) is 17.9 Å². The van der Waals surface area contributed by atoms with E-state index >= 15 is 0 Å². The maximum atomic E-state index is 13.5.